The molecule has 3 heteroatoms. The van der Waals surface area contributed by atoms with Gasteiger partial charge in [-0.05, 0) is 37.7 Å². The molecule has 15 heavy (non-hydrogen) atoms. The van der Waals surface area contributed by atoms with Crippen molar-refractivity contribution >= 4 is 12.6 Å². The van der Waals surface area contributed by atoms with E-state index in [1.54, 1.807) is 0 Å². The number of rotatable bonds is 2. The predicted octanol–water partition coefficient (Wildman–Crippen LogP) is 3.07. The average Bonchev–Trinajstić information content (AvgIpc) is 2.30. The number of hydrogen-bond donors (Lipinski definition) is 1. The van der Waals surface area contributed by atoms with Crippen LogP contribution in [0.3, 0.4) is 0 Å². The Morgan fingerprint density at radius 1 is 1.20 bits per heavy atom. The van der Waals surface area contributed by atoms with E-state index in [2.05, 4.69) is 29.5 Å². The van der Waals surface area contributed by atoms with Crippen molar-refractivity contribution in [2.45, 2.75) is 43.8 Å². The number of thiol groups is 1. The predicted molar refractivity (Wildman–Crippen MR) is 65.2 cm³/mol. The molecule has 0 amide bonds. The normalized spacial score (nSPS) is 28.7. The quantitative estimate of drug-likeness (QED) is 0.778. The molecule has 1 saturated carbocycles. The molecule has 0 N–H and O–H groups in total. The first-order valence-corrected chi connectivity index (χ1v) is 6.24. The van der Waals surface area contributed by atoms with E-state index in [1.807, 2.05) is 18.5 Å². The zero-order valence-corrected chi connectivity index (χ0v) is 10.0. The smallest absolute Gasteiger partial charge is 0.131 e. The maximum absolute atomic E-state index is 4.53. The van der Waals surface area contributed by atoms with Gasteiger partial charge < -0.3 is 0 Å². The molecule has 1 aromatic rings. The van der Waals surface area contributed by atoms with Crippen molar-refractivity contribution in [1.29, 1.82) is 0 Å². The van der Waals surface area contributed by atoms with Crippen molar-refractivity contribution in [3.05, 3.63) is 24.3 Å². The molecule has 0 aromatic carbocycles. The highest BCUT2D eigenvalue weighted by atomic mass is 32.1. The van der Waals surface area contributed by atoms with Gasteiger partial charge in [0.05, 0.1) is 0 Å². The summed E-state index contributed by atoms with van der Waals surface area (Å²) < 4.78 is 0. The second-order valence-corrected chi connectivity index (χ2v) is 5.27. The minimum Gasteiger partial charge on any atom is -0.241 e. The van der Waals surface area contributed by atoms with Crippen molar-refractivity contribution in [3.8, 4) is 0 Å². The van der Waals surface area contributed by atoms with Crippen LogP contribution in [0.25, 0.3) is 0 Å². The van der Waals surface area contributed by atoms with Gasteiger partial charge in [-0.1, -0.05) is 6.92 Å². The first-order valence-electron chi connectivity index (χ1n) is 5.72. The molecule has 1 fully saturated rings. The minimum atomic E-state index is 0.530. The van der Waals surface area contributed by atoms with Crippen LogP contribution in [0.4, 0.5) is 0 Å². The van der Waals surface area contributed by atoms with E-state index in [9.17, 15) is 0 Å². The second-order valence-electron chi connectivity index (χ2n) is 4.46. The first kappa shape index (κ1) is 10.9. The Labute approximate surface area is 96.9 Å². The fourth-order valence-electron chi connectivity index (χ4n) is 2.38. The summed E-state index contributed by atoms with van der Waals surface area (Å²) in [5.41, 5.74) is 0. The van der Waals surface area contributed by atoms with Crippen LogP contribution in [0.2, 0.25) is 0 Å². The van der Waals surface area contributed by atoms with Gasteiger partial charge in [0, 0.05) is 23.6 Å². The first-order chi connectivity index (χ1) is 7.27. The summed E-state index contributed by atoms with van der Waals surface area (Å²) in [6.07, 6.45) is 8.67. The Hall–Kier alpha value is -0.570. The third kappa shape index (κ3) is 2.71. The van der Waals surface area contributed by atoms with Crippen LogP contribution in [0.5, 0.6) is 0 Å². The van der Waals surface area contributed by atoms with Gasteiger partial charge in [0.15, 0.2) is 0 Å². The van der Waals surface area contributed by atoms with Crippen LogP contribution in [0.1, 0.15) is 44.3 Å². The Morgan fingerprint density at radius 2 is 1.80 bits per heavy atom. The van der Waals surface area contributed by atoms with E-state index < -0.39 is 0 Å². The SMILES string of the molecule is CC(S)C1CCC(c2ncccn2)CC1. The second kappa shape index (κ2) is 4.97. The molecule has 2 nitrogen and oxygen atoms in total. The zero-order valence-electron chi connectivity index (χ0n) is 9.13. The Kier molecular flexibility index (Phi) is 3.62. The summed E-state index contributed by atoms with van der Waals surface area (Å²) in [6.45, 7) is 2.20. The lowest BCUT2D eigenvalue weighted by Gasteiger charge is -2.29. The molecule has 0 bridgehead atoms. The third-order valence-corrected chi connectivity index (χ3v) is 3.83. The molecule has 82 valence electrons. The lowest BCUT2D eigenvalue weighted by atomic mass is 9.80. The van der Waals surface area contributed by atoms with E-state index in [1.165, 1.54) is 25.7 Å². The molecule has 1 atom stereocenters. The van der Waals surface area contributed by atoms with Crippen molar-refractivity contribution in [1.82, 2.24) is 9.97 Å². The maximum Gasteiger partial charge on any atom is 0.131 e. The molecule has 1 aliphatic rings. The van der Waals surface area contributed by atoms with E-state index in [-0.39, 0.29) is 0 Å². The van der Waals surface area contributed by atoms with Crippen LogP contribution in [0.15, 0.2) is 18.5 Å². The van der Waals surface area contributed by atoms with Crippen molar-refractivity contribution in [2.75, 3.05) is 0 Å². The van der Waals surface area contributed by atoms with Crippen LogP contribution in [-0.4, -0.2) is 15.2 Å². The highest BCUT2D eigenvalue weighted by molar-refractivity contribution is 7.80. The molecular formula is C12H18N2S. The number of nitrogens with zero attached hydrogens (tertiary/aromatic N) is 2. The molecule has 1 aromatic heterocycles. The Morgan fingerprint density at radius 3 is 2.33 bits per heavy atom. The summed E-state index contributed by atoms with van der Waals surface area (Å²) >= 11 is 4.53. The van der Waals surface area contributed by atoms with Crippen LogP contribution < -0.4 is 0 Å². The van der Waals surface area contributed by atoms with Crippen LogP contribution in [0, 0.1) is 5.92 Å². The molecule has 1 unspecified atom stereocenters. The molecule has 0 spiro atoms. The van der Waals surface area contributed by atoms with E-state index >= 15 is 0 Å². The molecule has 1 aliphatic carbocycles. The Balaban J connectivity index is 1.94. The minimum absolute atomic E-state index is 0.530. The lowest BCUT2D eigenvalue weighted by molar-refractivity contribution is 0.319. The van der Waals surface area contributed by atoms with Crippen LogP contribution in [-0.2, 0) is 0 Å². The van der Waals surface area contributed by atoms with Gasteiger partial charge in [-0.3, -0.25) is 0 Å². The van der Waals surface area contributed by atoms with E-state index in [0.29, 0.717) is 11.2 Å². The summed E-state index contributed by atoms with van der Waals surface area (Å²) in [5, 5.41) is 0.530. The van der Waals surface area contributed by atoms with Gasteiger partial charge in [0.1, 0.15) is 5.82 Å². The Bertz CT molecular complexity index is 292. The highest BCUT2D eigenvalue weighted by Gasteiger charge is 2.25. The van der Waals surface area contributed by atoms with Crippen molar-refractivity contribution < 1.29 is 0 Å². The highest BCUT2D eigenvalue weighted by Crippen LogP contribution is 2.36. The summed E-state index contributed by atoms with van der Waals surface area (Å²) in [7, 11) is 0. The lowest BCUT2D eigenvalue weighted by Crippen LogP contribution is -2.20. The molecule has 2 rings (SSSR count). The summed E-state index contributed by atoms with van der Waals surface area (Å²) in [5.74, 6) is 2.39. The van der Waals surface area contributed by atoms with Gasteiger partial charge in [-0.15, -0.1) is 0 Å². The molecule has 0 radical (unpaired) electrons. The fourth-order valence-corrected chi connectivity index (χ4v) is 2.68. The molecule has 0 saturated heterocycles. The summed E-state index contributed by atoms with van der Waals surface area (Å²) in [6, 6.07) is 1.88. The third-order valence-electron chi connectivity index (χ3n) is 3.40. The standard InChI is InChI=1S/C12H18N2S/c1-9(15)10-3-5-11(6-4-10)12-13-7-2-8-14-12/h2,7-11,15H,3-6H2,1H3. The van der Waals surface area contributed by atoms with E-state index in [0.717, 1.165) is 11.7 Å². The van der Waals surface area contributed by atoms with Crippen molar-refractivity contribution in [2.24, 2.45) is 5.92 Å². The fraction of sp³-hybridized carbons (Fsp3) is 0.667. The maximum atomic E-state index is 4.53. The van der Waals surface area contributed by atoms with Gasteiger partial charge in [0.2, 0.25) is 0 Å². The van der Waals surface area contributed by atoms with Crippen molar-refractivity contribution in [3.63, 3.8) is 0 Å². The monoisotopic (exact) mass is 222 g/mol. The van der Waals surface area contributed by atoms with E-state index in [4.69, 9.17) is 0 Å². The number of aromatic nitrogens is 2. The van der Waals surface area contributed by atoms with Crippen LogP contribution >= 0.6 is 12.6 Å². The summed E-state index contributed by atoms with van der Waals surface area (Å²) in [4.78, 5) is 8.68. The molecule has 0 aliphatic heterocycles. The molecular weight excluding hydrogens is 204 g/mol. The topological polar surface area (TPSA) is 25.8 Å². The largest absolute Gasteiger partial charge is 0.241 e. The van der Waals surface area contributed by atoms with Gasteiger partial charge in [-0.25, -0.2) is 9.97 Å². The van der Waals surface area contributed by atoms with Gasteiger partial charge in [0.25, 0.3) is 0 Å². The molecule has 1 heterocycles. The van der Waals surface area contributed by atoms with Gasteiger partial charge in [-0.2, -0.15) is 12.6 Å². The number of hydrogen-bond acceptors (Lipinski definition) is 3. The average molecular weight is 222 g/mol. The zero-order chi connectivity index (χ0) is 10.7. The van der Waals surface area contributed by atoms with Gasteiger partial charge >= 0.3 is 0 Å².